The molecule has 1 aliphatic rings. The van der Waals surface area contributed by atoms with Crippen LogP contribution >= 0.6 is 11.8 Å². The van der Waals surface area contributed by atoms with Gasteiger partial charge in [-0.3, -0.25) is 4.79 Å². The Kier molecular flexibility index (Phi) is 6.95. The number of nitrogens with zero attached hydrogens (tertiary/aromatic N) is 3. The van der Waals surface area contributed by atoms with Crippen LogP contribution in [0.25, 0.3) is 11.0 Å². The number of rotatable bonds is 7. The summed E-state index contributed by atoms with van der Waals surface area (Å²) in [5.41, 5.74) is 0.0865. The van der Waals surface area contributed by atoms with Gasteiger partial charge < -0.3 is 9.47 Å². The molecule has 1 aromatic heterocycles. The highest BCUT2D eigenvalue weighted by molar-refractivity contribution is 8.00. The van der Waals surface area contributed by atoms with Gasteiger partial charge in [0.15, 0.2) is 15.0 Å². The van der Waals surface area contributed by atoms with Gasteiger partial charge in [0.1, 0.15) is 0 Å². The number of halogens is 3. The highest BCUT2D eigenvalue weighted by Crippen LogP contribution is 2.34. The van der Waals surface area contributed by atoms with Crippen LogP contribution in [0, 0.1) is 0 Å². The first-order valence-electron chi connectivity index (χ1n) is 10.2. The van der Waals surface area contributed by atoms with Crippen molar-refractivity contribution in [2.45, 2.75) is 62.8 Å². The number of aromatic nitrogens is 2. The summed E-state index contributed by atoms with van der Waals surface area (Å²) in [6, 6.07) is 3.11. The number of amides is 1. The first kappa shape index (κ1) is 23.9. The molecule has 0 aliphatic carbocycles. The molecule has 1 aromatic carbocycles. The number of carbonyl (C=O) groups is 1. The fourth-order valence-corrected chi connectivity index (χ4v) is 6.61. The van der Waals surface area contributed by atoms with Crippen LogP contribution in [0.5, 0.6) is 0 Å². The summed E-state index contributed by atoms with van der Waals surface area (Å²) in [5.74, 6) is -0.143. The average molecular weight is 478 g/mol. The summed E-state index contributed by atoms with van der Waals surface area (Å²) in [7, 11) is -3.13. The largest absolute Gasteiger partial charge is 0.416 e. The first-order chi connectivity index (χ1) is 14.5. The summed E-state index contributed by atoms with van der Waals surface area (Å²) < 4.78 is 64.8. The average Bonchev–Trinajstić information content (AvgIpc) is 3.21. The molecule has 0 N–H and O–H groups in total. The Hall–Kier alpha value is -1.75. The minimum Gasteiger partial charge on any atom is -0.338 e. The molecule has 0 bridgehead atoms. The molecule has 11 heteroatoms. The van der Waals surface area contributed by atoms with Crippen LogP contribution in [0.4, 0.5) is 13.2 Å². The molecule has 172 valence electrons. The number of carbonyl (C=O) groups excluding carboxylic acids is 1. The maximum absolute atomic E-state index is 13.2. The van der Waals surface area contributed by atoms with Gasteiger partial charge in [-0.05, 0) is 44.9 Å². The van der Waals surface area contributed by atoms with Crippen LogP contribution < -0.4 is 0 Å². The molecule has 2 heterocycles. The molecule has 0 saturated carbocycles. The third-order valence-electron chi connectivity index (χ3n) is 5.39. The van der Waals surface area contributed by atoms with E-state index in [1.807, 2.05) is 13.8 Å². The molecular weight excluding hydrogens is 451 g/mol. The number of hydrogen-bond donors (Lipinski definition) is 0. The Bertz CT molecular complexity index is 1070. The van der Waals surface area contributed by atoms with Crippen molar-refractivity contribution in [1.29, 1.82) is 0 Å². The number of sulfone groups is 1. The monoisotopic (exact) mass is 477 g/mol. The van der Waals surface area contributed by atoms with Crippen LogP contribution in [-0.4, -0.2) is 58.1 Å². The van der Waals surface area contributed by atoms with Crippen molar-refractivity contribution < 1.29 is 26.4 Å². The van der Waals surface area contributed by atoms with E-state index < -0.39 is 26.8 Å². The Balaban J connectivity index is 1.87. The van der Waals surface area contributed by atoms with Gasteiger partial charge in [-0.1, -0.05) is 18.7 Å². The topological polar surface area (TPSA) is 72.3 Å². The van der Waals surface area contributed by atoms with Crippen LogP contribution in [0.1, 0.15) is 39.2 Å². The van der Waals surface area contributed by atoms with E-state index in [9.17, 15) is 26.4 Å². The fraction of sp³-hybridized carbons (Fsp3) is 0.600. The molecule has 1 fully saturated rings. The zero-order valence-electron chi connectivity index (χ0n) is 17.6. The number of imidazole rings is 1. The summed E-state index contributed by atoms with van der Waals surface area (Å²) in [5, 5.41) is -0.0788. The molecular formula is C20H26F3N3O3S2. The van der Waals surface area contributed by atoms with E-state index >= 15 is 0 Å². The standard InChI is InChI=1S/C20H26F3N3O3S2/c1-4-9-26-17-11-14(20(21,22)23)6-7-16(17)24-19(26)30-13(3)18(27)25(5-2)15-8-10-31(28,29)12-15/h6-7,11,13,15H,4-5,8-10,12H2,1-3H3. The lowest BCUT2D eigenvalue weighted by Crippen LogP contribution is -2.44. The molecule has 1 saturated heterocycles. The number of alkyl halides is 3. The molecule has 6 nitrogen and oxygen atoms in total. The lowest BCUT2D eigenvalue weighted by atomic mass is 10.2. The molecule has 3 rings (SSSR count). The smallest absolute Gasteiger partial charge is 0.338 e. The first-order valence-corrected chi connectivity index (χ1v) is 12.9. The van der Waals surface area contributed by atoms with Gasteiger partial charge in [0, 0.05) is 19.1 Å². The van der Waals surface area contributed by atoms with E-state index in [2.05, 4.69) is 4.98 Å². The third kappa shape index (κ3) is 5.19. The van der Waals surface area contributed by atoms with Gasteiger partial charge in [-0.2, -0.15) is 13.2 Å². The molecule has 2 aromatic rings. The van der Waals surface area contributed by atoms with Crippen molar-refractivity contribution in [1.82, 2.24) is 14.5 Å². The van der Waals surface area contributed by atoms with Crippen LogP contribution in [0.3, 0.4) is 0 Å². The van der Waals surface area contributed by atoms with Crippen molar-refractivity contribution in [2.24, 2.45) is 0 Å². The quantitative estimate of drug-likeness (QED) is 0.564. The third-order valence-corrected chi connectivity index (χ3v) is 8.22. The van der Waals surface area contributed by atoms with Crippen molar-refractivity contribution in [3.05, 3.63) is 23.8 Å². The van der Waals surface area contributed by atoms with Crippen molar-refractivity contribution in [3.63, 3.8) is 0 Å². The molecule has 0 radical (unpaired) electrons. The lowest BCUT2D eigenvalue weighted by molar-refractivity contribution is -0.137. The number of aryl methyl sites for hydroxylation is 1. The normalized spacial score (nSPS) is 19.6. The van der Waals surface area contributed by atoms with Crippen molar-refractivity contribution in [3.8, 4) is 0 Å². The van der Waals surface area contributed by atoms with Gasteiger partial charge in [0.25, 0.3) is 0 Å². The predicted molar refractivity (Wildman–Crippen MR) is 115 cm³/mol. The van der Waals surface area contributed by atoms with E-state index in [0.717, 1.165) is 12.1 Å². The second kappa shape index (κ2) is 9.01. The van der Waals surface area contributed by atoms with Crippen LogP contribution in [-0.2, 0) is 27.4 Å². The highest BCUT2D eigenvalue weighted by Gasteiger charge is 2.36. The van der Waals surface area contributed by atoms with Gasteiger partial charge >= 0.3 is 6.18 Å². The highest BCUT2D eigenvalue weighted by atomic mass is 32.2. The van der Waals surface area contributed by atoms with Crippen molar-refractivity contribution >= 4 is 38.5 Å². The number of benzene rings is 1. The second-order valence-corrected chi connectivity index (χ2v) is 11.2. The van der Waals surface area contributed by atoms with Crippen LogP contribution in [0.2, 0.25) is 0 Å². The van der Waals surface area contributed by atoms with E-state index in [-0.39, 0.29) is 23.5 Å². The van der Waals surface area contributed by atoms with Crippen LogP contribution in [0.15, 0.2) is 23.4 Å². The molecule has 1 aliphatic heterocycles. The second-order valence-electron chi connectivity index (χ2n) is 7.69. The maximum Gasteiger partial charge on any atom is 0.416 e. The summed E-state index contributed by atoms with van der Waals surface area (Å²) in [6.45, 7) is 6.31. The SMILES string of the molecule is CCCn1c(SC(C)C(=O)N(CC)C2CCS(=O)(=O)C2)nc2ccc(C(F)(F)F)cc21. The molecule has 0 spiro atoms. The van der Waals surface area contributed by atoms with Gasteiger partial charge in [0.05, 0.1) is 33.4 Å². The van der Waals surface area contributed by atoms with Crippen molar-refractivity contribution in [2.75, 3.05) is 18.1 Å². The van der Waals surface area contributed by atoms with E-state index in [1.54, 1.807) is 16.4 Å². The molecule has 2 atom stereocenters. The maximum atomic E-state index is 13.2. The minimum absolute atomic E-state index is 0.0292. The molecule has 31 heavy (non-hydrogen) atoms. The Morgan fingerprint density at radius 2 is 2.06 bits per heavy atom. The summed E-state index contributed by atoms with van der Waals surface area (Å²) in [6.07, 6.45) is -3.33. The summed E-state index contributed by atoms with van der Waals surface area (Å²) in [4.78, 5) is 19.1. The van der Waals surface area contributed by atoms with E-state index in [4.69, 9.17) is 0 Å². The Morgan fingerprint density at radius 3 is 2.61 bits per heavy atom. The zero-order chi connectivity index (χ0) is 23.0. The van der Waals surface area contributed by atoms with Gasteiger partial charge in [-0.25, -0.2) is 13.4 Å². The van der Waals surface area contributed by atoms with Gasteiger partial charge in [-0.15, -0.1) is 0 Å². The molecule has 2 unspecified atom stereocenters. The Morgan fingerprint density at radius 1 is 1.35 bits per heavy atom. The Labute approximate surface area is 184 Å². The summed E-state index contributed by atoms with van der Waals surface area (Å²) >= 11 is 1.19. The number of thioether (sulfide) groups is 1. The number of fused-ring (bicyclic) bond motifs is 1. The predicted octanol–water partition coefficient (Wildman–Crippen LogP) is 3.98. The van der Waals surface area contributed by atoms with E-state index in [0.29, 0.717) is 42.1 Å². The lowest BCUT2D eigenvalue weighted by Gasteiger charge is -2.29. The zero-order valence-corrected chi connectivity index (χ0v) is 19.3. The fourth-order valence-electron chi connectivity index (χ4n) is 3.86. The van der Waals surface area contributed by atoms with Gasteiger partial charge in [0.2, 0.25) is 5.91 Å². The molecule has 1 amide bonds. The number of hydrogen-bond acceptors (Lipinski definition) is 5. The van der Waals surface area contributed by atoms with E-state index in [1.165, 1.54) is 17.8 Å². The minimum atomic E-state index is -4.45.